The molecule has 0 amide bonds. The van der Waals surface area contributed by atoms with Crippen LogP contribution in [0.3, 0.4) is 0 Å². The quantitative estimate of drug-likeness (QED) is 0.857. The van der Waals surface area contributed by atoms with Crippen LogP contribution in [-0.2, 0) is 6.54 Å². The van der Waals surface area contributed by atoms with Crippen LogP contribution in [0.4, 0.5) is 0 Å². The van der Waals surface area contributed by atoms with Gasteiger partial charge in [0, 0.05) is 17.6 Å². The van der Waals surface area contributed by atoms with Crippen molar-refractivity contribution >= 4 is 11.6 Å². The second kappa shape index (κ2) is 6.24. The molecule has 90 valence electrons. The second-order valence-electron chi connectivity index (χ2n) is 4.54. The monoisotopic (exact) mass is 241 g/mol. The molecule has 1 aromatic carbocycles. The molecule has 0 heterocycles. The Balaban J connectivity index is 2.62. The Hall–Kier alpha value is -0.570. The summed E-state index contributed by atoms with van der Waals surface area (Å²) in [6, 6.07) is 8.04. The first-order chi connectivity index (χ1) is 7.54. The van der Waals surface area contributed by atoms with Crippen molar-refractivity contribution in [2.24, 2.45) is 5.92 Å². The lowest BCUT2D eigenvalue weighted by Crippen LogP contribution is -2.38. The van der Waals surface area contributed by atoms with Crippen molar-refractivity contribution in [3.8, 4) is 0 Å². The highest BCUT2D eigenvalue weighted by Gasteiger charge is 2.17. The zero-order valence-electron chi connectivity index (χ0n) is 10.2. The molecule has 0 aliphatic carbocycles. The molecule has 3 heteroatoms. The van der Waals surface area contributed by atoms with Crippen LogP contribution in [0.15, 0.2) is 24.3 Å². The minimum Gasteiger partial charge on any atom is -0.395 e. The minimum atomic E-state index is 0.196. The molecule has 0 aliphatic heterocycles. The highest BCUT2D eigenvalue weighted by Crippen LogP contribution is 2.14. The average Bonchev–Trinajstić information content (AvgIpc) is 2.22. The third-order valence-corrected chi connectivity index (χ3v) is 3.12. The fourth-order valence-electron chi connectivity index (χ4n) is 1.85. The first-order valence-corrected chi connectivity index (χ1v) is 5.98. The molecule has 1 atom stereocenters. The molecule has 0 aliphatic rings. The van der Waals surface area contributed by atoms with E-state index in [9.17, 15) is 5.11 Å². The van der Waals surface area contributed by atoms with Gasteiger partial charge in [0.2, 0.25) is 0 Å². The average molecular weight is 242 g/mol. The van der Waals surface area contributed by atoms with Crippen molar-refractivity contribution in [1.29, 1.82) is 0 Å². The van der Waals surface area contributed by atoms with Gasteiger partial charge in [0.1, 0.15) is 0 Å². The number of likely N-dealkylation sites (N-methyl/N-ethyl adjacent to an activating group) is 1. The summed E-state index contributed by atoms with van der Waals surface area (Å²) < 4.78 is 0. The van der Waals surface area contributed by atoms with E-state index in [1.807, 2.05) is 31.3 Å². The van der Waals surface area contributed by atoms with Crippen LogP contribution >= 0.6 is 11.6 Å². The predicted octanol–water partition coefficient (Wildman–Crippen LogP) is 2.79. The van der Waals surface area contributed by atoms with E-state index in [0.717, 1.165) is 11.6 Å². The SMILES string of the molecule is CC(C)C(CO)N(C)Cc1ccc(Cl)cc1. The lowest BCUT2D eigenvalue weighted by Gasteiger charge is -2.29. The summed E-state index contributed by atoms with van der Waals surface area (Å²) in [5.74, 6) is 0.447. The lowest BCUT2D eigenvalue weighted by atomic mass is 10.0. The summed E-state index contributed by atoms with van der Waals surface area (Å²) in [7, 11) is 2.04. The van der Waals surface area contributed by atoms with E-state index in [4.69, 9.17) is 11.6 Å². The fourth-order valence-corrected chi connectivity index (χ4v) is 1.98. The number of nitrogens with zero attached hydrogens (tertiary/aromatic N) is 1. The van der Waals surface area contributed by atoms with Gasteiger partial charge in [-0.05, 0) is 30.7 Å². The van der Waals surface area contributed by atoms with Crippen molar-refractivity contribution in [2.45, 2.75) is 26.4 Å². The van der Waals surface area contributed by atoms with Crippen molar-refractivity contribution < 1.29 is 5.11 Å². The highest BCUT2D eigenvalue weighted by molar-refractivity contribution is 6.30. The minimum absolute atomic E-state index is 0.196. The first kappa shape index (κ1) is 13.5. The molecule has 0 fully saturated rings. The van der Waals surface area contributed by atoms with Crippen LogP contribution in [0, 0.1) is 5.92 Å². The number of hydrogen-bond acceptors (Lipinski definition) is 2. The van der Waals surface area contributed by atoms with Crippen molar-refractivity contribution in [3.63, 3.8) is 0 Å². The van der Waals surface area contributed by atoms with E-state index >= 15 is 0 Å². The number of rotatable bonds is 5. The number of aliphatic hydroxyl groups is 1. The Morgan fingerprint density at radius 3 is 2.25 bits per heavy atom. The van der Waals surface area contributed by atoms with Gasteiger partial charge in [-0.3, -0.25) is 4.90 Å². The van der Waals surface area contributed by atoms with E-state index < -0.39 is 0 Å². The molecule has 0 spiro atoms. The summed E-state index contributed by atoms with van der Waals surface area (Å²) in [6.07, 6.45) is 0. The fraction of sp³-hybridized carbons (Fsp3) is 0.538. The number of benzene rings is 1. The Kier molecular flexibility index (Phi) is 5.26. The Bertz CT molecular complexity index is 310. The van der Waals surface area contributed by atoms with Gasteiger partial charge in [-0.25, -0.2) is 0 Å². The topological polar surface area (TPSA) is 23.5 Å². The molecule has 2 nitrogen and oxygen atoms in total. The van der Waals surface area contributed by atoms with Crippen LogP contribution in [0.5, 0.6) is 0 Å². The van der Waals surface area contributed by atoms with E-state index in [1.165, 1.54) is 5.56 Å². The molecule has 0 radical (unpaired) electrons. The normalized spacial score (nSPS) is 13.4. The van der Waals surface area contributed by atoms with E-state index in [0.29, 0.717) is 5.92 Å². The molecule has 16 heavy (non-hydrogen) atoms. The summed E-state index contributed by atoms with van der Waals surface area (Å²) in [5.41, 5.74) is 1.21. The second-order valence-corrected chi connectivity index (χ2v) is 4.97. The highest BCUT2D eigenvalue weighted by atomic mass is 35.5. The van der Waals surface area contributed by atoms with E-state index in [-0.39, 0.29) is 12.6 Å². The van der Waals surface area contributed by atoms with Crippen LogP contribution in [0.2, 0.25) is 5.02 Å². The number of aliphatic hydroxyl groups excluding tert-OH is 1. The zero-order chi connectivity index (χ0) is 12.1. The van der Waals surface area contributed by atoms with Crippen LogP contribution in [0.1, 0.15) is 19.4 Å². The number of hydrogen-bond donors (Lipinski definition) is 1. The Morgan fingerprint density at radius 2 is 1.81 bits per heavy atom. The van der Waals surface area contributed by atoms with Crippen LogP contribution in [-0.4, -0.2) is 29.7 Å². The van der Waals surface area contributed by atoms with Crippen LogP contribution in [0.25, 0.3) is 0 Å². The van der Waals surface area contributed by atoms with E-state index in [1.54, 1.807) is 0 Å². The molecule has 0 saturated heterocycles. The van der Waals surface area contributed by atoms with E-state index in [2.05, 4.69) is 18.7 Å². The van der Waals surface area contributed by atoms with Gasteiger partial charge in [-0.2, -0.15) is 0 Å². The van der Waals surface area contributed by atoms with Crippen molar-refractivity contribution in [2.75, 3.05) is 13.7 Å². The van der Waals surface area contributed by atoms with Gasteiger partial charge < -0.3 is 5.11 Å². The molecule has 0 saturated carbocycles. The standard InChI is InChI=1S/C13H20ClNO/c1-10(2)13(9-16)15(3)8-11-4-6-12(14)7-5-11/h4-7,10,13,16H,8-9H2,1-3H3. The van der Waals surface area contributed by atoms with Crippen molar-refractivity contribution in [1.82, 2.24) is 4.90 Å². The van der Waals surface area contributed by atoms with Gasteiger partial charge in [-0.1, -0.05) is 37.6 Å². The van der Waals surface area contributed by atoms with Crippen molar-refractivity contribution in [3.05, 3.63) is 34.9 Å². The maximum atomic E-state index is 9.33. The van der Waals surface area contributed by atoms with Gasteiger partial charge in [0.25, 0.3) is 0 Å². The third-order valence-electron chi connectivity index (χ3n) is 2.87. The molecular weight excluding hydrogens is 222 g/mol. The summed E-state index contributed by atoms with van der Waals surface area (Å²) >= 11 is 5.83. The Labute approximate surface area is 103 Å². The smallest absolute Gasteiger partial charge is 0.0589 e. The molecule has 1 aromatic rings. The maximum absolute atomic E-state index is 9.33. The third kappa shape index (κ3) is 3.78. The molecule has 1 N–H and O–H groups in total. The van der Waals surface area contributed by atoms with Crippen LogP contribution < -0.4 is 0 Å². The number of halogens is 1. The molecule has 1 unspecified atom stereocenters. The van der Waals surface area contributed by atoms with Gasteiger partial charge in [0.15, 0.2) is 0 Å². The summed E-state index contributed by atoms with van der Waals surface area (Å²) in [6.45, 7) is 5.28. The molecular formula is C13H20ClNO. The largest absolute Gasteiger partial charge is 0.395 e. The molecule has 0 aromatic heterocycles. The van der Waals surface area contributed by atoms with Gasteiger partial charge in [0.05, 0.1) is 6.61 Å². The summed E-state index contributed by atoms with van der Waals surface area (Å²) in [5, 5.41) is 10.1. The Morgan fingerprint density at radius 1 is 1.25 bits per heavy atom. The molecule has 0 bridgehead atoms. The predicted molar refractivity (Wildman–Crippen MR) is 68.6 cm³/mol. The maximum Gasteiger partial charge on any atom is 0.0589 e. The molecule has 1 rings (SSSR count). The van der Waals surface area contributed by atoms with Gasteiger partial charge in [-0.15, -0.1) is 0 Å². The summed E-state index contributed by atoms with van der Waals surface area (Å²) in [4.78, 5) is 2.17. The first-order valence-electron chi connectivity index (χ1n) is 5.60. The zero-order valence-corrected chi connectivity index (χ0v) is 10.9. The van der Waals surface area contributed by atoms with Gasteiger partial charge >= 0.3 is 0 Å². The lowest BCUT2D eigenvalue weighted by molar-refractivity contribution is 0.108.